The van der Waals surface area contributed by atoms with Gasteiger partial charge in [0.15, 0.2) is 11.6 Å². The zero-order valence-corrected chi connectivity index (χ0v) is 18.8. The van der Waals surface area contributed by atoms with Crippen LogP contribution in [0.1, 0.15) is 41.3 Å². The van der Waals surface area contributed by atoms with E-state index in [1.165, 1.54) is 26.6 Å². The SMILES string of the molecule is CNC(=O)c1cc(CCc2cnc(N/C(C)=C/N[C@@H]3CCCNC3)nc2)c(F)c(OC)c1. The number of methoxy groups -OCH3 is 1. The molecule has 0 bridgehead atoms. The molecule has 1 aliphatic heterocycles. The van der Waals surface area contributed by atoms with E-state index in [0.717, 1.165) is 30.8 Å². The fraction of sp³-hybridized carbons (Fsp3) is 0.435. The summed E-state index contributed by atoms with van der Waals surface area (Å²) in [4.78, 5) is 20.7. The van der Waals surface area contributed by atoms with Crippen LogP contribution in [0.15, 0.2) is 36.4 Å². The third kappa shape index (κ3) is 6.40. The van der Waals surface area contributed by atoms with E-state index in [-0.39, 0.29) is 11.7 Å². The van der Waals surface area contributed by atoms with Gasteiger partial charge in [0.05, 0.1) is 7.11 Å². The topological polar surface area (TPSA) is 100 Å². The van der Waals surface area contributed by atoms with Crippen LogP contribution in [0.5, 0.6) is 5.75 Å². The second-order valence-corrected chi connectivity index (χ2v) is 7.81. The normalized spacial score (nSPS) is 16.4. The lowest BCUT2D eigenvalue weighted by Crippen LogP contribution is -2.41. The molecule has 0 aliphatic carbocycles. The number of aryl methyl sites for hydroxylation is 2. The summed E-state index contributed by atoms with van der Waals surface area (Å²) in [5, 5.41) is 12.5. The lowest BCUT2D eigenvalue weighted by molar-refractivity contribution is 0.0962. The van der Waals surface area contributed by atoms with E-state index in [2.05, 4.69) is 31.2 Å². The number of carbonyl (C=O) groups excluding carboxylic acids is 1. The number of aromatic nitrogens is 2. The van der Waals surface area contributed by atoms with Crippen molar-refractivity contribution in [2.45, 2.75) is 38.6 Å². The van der Waals surface area contributed by atoms with E-state index in [1.54, 1.807) is 18.5 Å². The fourth-order valence-corrected chi connectivity index (χ4v) is 3.54. The number of allylic oxidation sites excluding steroid dienone is 1. The molecule has 1 aliphatic rings. The van der Waals surface area contributed by atoms with E-state index in [1.807, 2.05) is 13.1 Å². The first-order valence-corrected chi connectivity index (χ1v) is 10.8. The predicted octanol–water partition coefficient (Wildman–Crippen LogP) is 2.38. The molecule has 1 atom stereocenters. The Kier molecular flexibility index (Phi) is 8.38. The predicted molar refractivity (Wildman–Crippen MR) is 122 cm³/mol. The number of nitrogens with one attached hydrogen (secondary N) is 4. The fourth-order valence-electron chi connectivity index (χ4n) is 3.54. The summed E-state index contributed by atoms with van der Waals surface area (Å²) in [5.74, 6) is -0.195. The van der Waals surface area contributed by atoms with Gasteiger partial charge in [0.2, 0.25) is 5.95 Å². The molecule has 1 saturated heterocycles. The molecule has 0 spiro atoms. The number of hydrogen-bond acceptors (Lipinski definition) is 7. The molecule has 8 nitrogen and oxygen atoms in total. The molecule has 9 heteroatoms. The monoisotopic (exact) mass is 442 g/mol. The van der Waals surface area contributed by atoms with Crippen molar-refractivity contribution in [3.63, 3.8) is 0 Å². The number of amides is 1. The summed E-state index contributed by atoms with van der Waals surface area (Å²) >= 11 is 0. The molecule has 32 heavy (non-hydrogen) atoms. The molecule has 1 amide bonds. The number of rotatable bonds is 9. The number of anilines is 1. The summed E-state index contributed by atoms with van der Waals surface area (Å²) in [5.41, 5.74) is 2.56. The van der Waals surface area contributed by atoms with Crippen LogP contribution in [0.4, 0.5) is 10.3 Å². The Bertz CT molecular complexity index is 942. The minimum atomic E-state index is -0.458. The number of piperidine rings is 1. The molecular formula is C23H31FN6O2. The molecule has 1 aromatic carbocycles. The molecule has 2 aromatic rings. The van der Waals surface area contributed by atoms with E-state index in [9.17, 15) is 9.18 Å². The van der Waals surface area contributed by atoms with Crippen molar-refractivity contribution in [3.8, 4) is 5.75 Å². The van der Waals surface area contributed by atoms with Gasteiger partial charge in [-0.3, -0.25) is 4.79 Å². The van der Waals surface area contributed by atoms with Crippen molar-refractivity contribution in [2.75, 3.05) is 32.6 Å². The van der Waals surface area contributed by atoms with Gasteiger partial charge in [-0.15, -0.1) is 0 Å². The van der Waals surface area contributed by atoms with Crippen molar-refractivity contribution in [3.05, 3.63) is 58.9 Å². The van der Waals surface area contributed by atoms with Crippen molar-refractivity contribution < 1.29 is 13.9 Å². The summed E-state index contributed by atoms with van der Waals surface area (Å²) in [7, 11) is 2.92. The highest BCUT2D eigenvalue weighted by atomic mass is 19.1. The summed E-state index contributed by atoms with van der Waals surface area (Å²) in [6.45, 7) is 4.00. The lowest BCUT2D eigenvalue weighted by Gasteiger charge is -2.23. The summed E-state index contributed by atoms with van der Waals surface area (Å²) in [6, 6.07) is 3.39. The van der Waals surface area contributed by atoms with E-state index in [0.29, 0.717) is 36.0 Å². The maximum Gasteiger partial charge on any atom is 0.251 e. The summed E-state index contributed by atoms with van der Waals surface area (Å²) in [6.07, 6.45) is 8.64. The Morgan fingerprint density at radius 1 is 1.31 bits per heavy atom. The van der Waals surface area contributed by atoms with Crippen LogP contribution < -0.4 is 26.0 Å². The number of carbonyl (C=O) groups is 1. The van der Waals surface area contributed by atoms with E-state index in [4.69, 9.17) is 4.74 Å². The molecule has 172 valence electrons. The Morgan fingerprint density at radius 2 is 2.09 bits per heavy atom. The quantitative estimate of drug-likeness (QED) is 0.473. The molecule has 0 saturated carbocycles. The highest BCUT2D eigenvalue weighted by molar-refractivity contribution is 5.94. The van der Waals surface area contributed by atoms with Crippen LogP contribution in [0.25, 0.3) is 0 Å². The Morgan fingerprint density at radius 3 is 2.75 bits per heavy atom. The minimum absolute atomic E-state index is 0.0526. The zero-order valence-electron chi connectivity index (χ0n) is 18.8. The molecule has 3 rings (SSSR count). The molecular weight excluding hydrogens is 411 g/mol. The Labute approximate surface area is 188 Å². The Hall–Kier alpha value is -3.20. The van der Waals surface area contributed by atoms with Gasteiger partial charge < -0.3 is 26.0 Å². The van der Waals surface area contributed by atoms with Crippen LogP contribution in [0.3, 0.4) is 0 Å². The molecule has 0 radical (unpaired) electrons. The number of halogens is 1. The largest absolute Gasteiger partial charge is 0.494 e. The number of ether oxygens (including phenoxy) is 1. The standard InChI is InChI=1S/C23H31FN6O2/c1-15(11-27-19-5-4-8-26-14-19)30-23-28-12-16(13-29-23)6-7-17-9-18(22(31)25-2)10-20(32-3)21(17)24/h9-13,19,26-27H,4-8,14H2,1-3H3,(H,25,31)(H,28,29,30)/b15-11+/t19-/m1/s1. The Balaban J connectivity index is 1.58. The number of nitrogens with zero attached hydrogens (tertiary/aromatic N) is 2. The average Bonchev–Trinajstić information content (AvgIpc) is 2.83. The third-order valence-electron chi connectivity index (χ3n) is 5.35. The molecule has 1 aromatic heterocycles. The van der Waals surface area contributed by atoms with Gasteiger partial charge >= 0.3 is 0 Å². The minimum Gasteiger partial charge on any atom is -0.494 e. The highest BCUT2D eigenvalue weighted by Crippen LogP contribution is 2.24. The molecule has 0 unspecified atom stereocenters. The van der Waals surface area contributed by atoms with Crippen LogP contribution in [0.2, 0.25) is 0 Å². The smallest absolute Gasteiger partial charge is 0.251 e. The van der Waals surface area contributed by atoms with Gasteiger partial charge in [-0.25, -0.2) is 14.4 Å². The van der Waals surface area contributed by atoms with Crippen molar-refractivity contribution >= 4 is 11.9 Å². The molecule has 4 N–H and O–H groups in total. The van der Waals surface area contributed by atoms with Crippen molar-refractivity contribution in [1.82, 2.24) is 25.9 Å². The van der Waals surface area contributed by atoms with Crippen LogP contribution >= 0.6 is 0 Å². The summed E-state index contributed by atoms with van der Waals surface area (Å²) < 4.78 is 19.7. The second-order valence-electron chi connectivity index (χ2n) is 7.81. The maximum atomic E-state index is 14.6. The van der Waals surface area contributed by atoms with Gasteiger partial charge in [0.1, 0.15) is 0 Å². The maximum absolute atomic E-state index is 14.6. The van der Waals surface area contributed by atoms with Crippen LogP contribution in [0, 0.1) is 5.82 Å². The average molecular weight is 443 g/mol. The van der Waals surface area contributed by atoms with E-state index < -0.39 is 5.82 Å². The zero-order chi connectivity index (χ0) is 22.9. The van der Waals surface area contributed by atoms with Crippen LogP contribution in [-0.2, 0) is 12.8 Å². The highest BCUT2D eigenvalue weighted by Gasteiger charge is 2.15. The van der Waals surface area contributed by atoms with Crippen molar-refractivity contribution in [2.24, 2.45) is 0 Å². The van der Waals surface area contributed by atoms with Crippen molar-refractivity contribution in [1.29, 1.82) is 0 Å². The van der Waals surface area contributed by atoms with E-state index >= 15 is 0 Å². The van der Waals surface area contributed by atoms with Gasteiger partial charge in [-0.2, -0.15) is 0 Å². The molecule has 2 heterocycles. The number of hydrogen-bond donors (Lipinski definition) is 4. The van der Waals surface area contributed by atoms with Gasteiger partial charge in [0.25, 0.3) is 5.91 Å². The molecule has 1 fully saturated rings. The van der Waals surface area contributed by atoms with Gasteiger partial charge in [-0.1, -0.05) is 0 Å². The third-order valence-corrected chi connectivity index (χ3v) is 5.35. The first kappa shape index (κ1) is 23.5. The second kappa shape index (κ2) is 11.4. The number of benzene rings is 1. The lowest BCUT2D eigenvalue weighted by atomic mass is 10.0. The van der Waals surface area contributed by atoms with Crippen LogP contribution in [-0.4, -0.2) is 49.2 Å². The first-order chi connectivity index (χ1) is 15.5. The van der Waals surface area contributed by atoms with Gasteiger partial charge in [-0.05, 0) is 62.4 Å². The van der Waals surface area contributed by atoms with Gasteiger partial charge in [0, 0.05) is 49.5 Å². The first-order valence-electron chi connectivity index (χ1n) is 10.8.